The van der Waals surface area contributed by atoms with Crippen molar-refractivity contribution in [3.05, 3.63) is 353 Å². The molecule has 2 aliphatic heterocycles. The first-order valence-electron chi connectivity index (χ1n) is 44.6. The molecule has 6 nitrogen and oxygen atoms in total. The van der Waals surface area contributed by atoms with Crippen molar-refractivity contribution >= 4 is 147 Å². The Morgan fingerprint density at radius 2 is 0.452 bits per heavy atom. The lowest BCUT2D eigenvalue weighted by atomic mass is 9.33. The second-order valence-electron chi connectivity index (χ2n) is 43.0. The van der Waals surface area contributed by atoms with Crippen LogP contribution in [0.2, 0.25) is 5.02 Å². The number of para-hydroxylation sites is 4. The van der Waals surface area contributed by atoms with E-state index in [0.717, 1.165) is 67.9 Å². The Hall–Kier alpha value is -11.8. The Balaban J connectivity index is 0.000000176. The molecule has 626 valence electrons. The fraction of sp³-hybridized carbons (Fsp3) is 0.276. The number of hydrogen-bond acceptors (Lipinski definition) is 4. The molecule has 18 rings (SSSR count). The highest BCUT2D eigenvalue weighted by atomic mass is 35.5. The third kappa shape index (κ3) is 15.6. The molecule has 0 fully saturated rings. The highest BCUT2D eigenvalue weighted by Crippen LogP contribution is 2.53. The van der Waals surface area contributed by atoms with Crippen molar-refractivity contribution in [1.82, 2.24) is 9.13 Å². The zero-order valence-electron chi connectivity index (χ0n) is 77.5. The standard InChI is InChI=1S/C58H60BN3.C58H62ClN3/c1-55(2,3)37-21-27-41(28-22-37)60-50-31-25-39(57(7,8)9)33-46(50)59-47-34-40(58(10,11)12)26-32-51(47)61(42-29-23-38(24-30-42)56(4,5)6)53-36-43(35-52(60)54(53)59)62-48-19-15-13-17-44(48)45-18-14-16-20-49(45)62;1-55(2,3)39-21-29-43(30-22-39)60(44-31-23-40(24-32-44)56(4,5)6)52-37-47(62-50-19-15-13-17-48(50)49-18-14-16-20-51(49)62)38-53(54(52)59)61(45-33-25-41(26-34-45)57(7,8)9)46-35-27-42(28-36-46)58(10,11)12/h13-36H,1-12H3;13-38H,1-12H3. The van der Waals surface area contributed by atoms with Gasteiger partial charge in [-0.1, -0.05) is 348 Å². The molecule has 0 aliphatic carbocycles. The van der Waals surface area contributed by atoms with Gasteiger partial charge in [-0.05, 0) is 238 Å². The number of nitrogens with zero attached hydrogens (tertiary/aromatic N) is 6. The van der Waals surface area contributed by atoms with E-state index in [9.17, 15) is 0 Å². The maximum atomic E-state index is 8.09. The minimum Gasteiger partial charge on any atom is -0.311 e. The molecule has 16 aromatic rings. The van der Waals surface area contributed by atoms with E-state index in [1.165, 1.54) is 116 Å². The van der Waals surface area contributed by atoms with E-state index < -0.39 is 0 Å². The average Bonchev–Trinajstić information content (AvgIpc) is 0.793. The van der Waals surface area contributed by atoms with Gasteiger partial charge < -0.3 is 28.7 Å². The van der Waals surface area contributed by atoms with Crippen LogP contribution >= 0.6 is 11.6 Å². The summed E-state index contributed by atoms with van der Waals surface area (Å²) in [5, 5.41) is 5.59. The van der Waals surface area contributed by atoms with Crippen molar-refractivity contribution in [1.29, 1.82) is 0 Å². The van der Waals surface area contributed by atoms with E-state index in [0.29, 0.717) is 5.02 Å². The van der Waals surface area contributed by atoms with Crippen molar-refractivity contribution in [2.45, 2.75) is 209 Å². The van der Waals surface area contributed by atoms with Crippen molar-refractivity contribution < 1.29 is 0 Å². The van der Waals surface area contributed by atoms with Gasteiger partial charge in [0.05, 0.1) is 49.8 Å². The third-order valence-corrected chi connectivity index (χ3v) is 26.3. The van der Waals surface area contributed by atoms with Gasteiger partial charge in [-0.3, -0.25) is 0 Å². The number of hydrogen-bond donors (Lipinski definition) is 0. The van der Waals surface area contributed by atoms with E-state index in [1.54, 1.807) is 0 Å². The lowest BCUT2D eigenvalue weighted by Gasteiger charge is -2.45. The molecule has 0 N–H and O–H groups in total. The fourth-order valence-corrected chi connectivity index (χ4v) is 18.8. The average molecular weight is 1650 g/mol. The van der Waals surface area contributed by atoms with Gasteiger partial charge in [0.1, 0.15) is 0 Å². The molecule has 2 aromatic heterocycles. The van der Waals surface area contributed by atoms with Crippen LogP contribution in [0.25, 0.3) is 55.0 Å². The van der Waals surface area contributed by atoms with E-state index in [-0.39, 0.29) is 50.0 Å². The lowest BCUT2D eigenvalue weighted by molar-refractivity contribution is 0.590. The van der Waals surface area contributed by atoms with Crippen molar-refractivity contribution in [3.63, 3.8) is 0 Å². The predicted molar refractivity (Wildman–Crippen MR) is 540 cm³/mol. The molecule has 124 heavy (non-hydrogen) atoms. The van der Waals surface area contributed by atoms with E-state index in [2.05, 4.69) is 498 Å². The van der Waals surface area contributed by atoms with Crippen LogP contribution in [0.3, 0.4) is 0 Å². The molecule has 14 aromatic carbocycles. The van der Waals surface area contributed by atoms with Gasteiger partial charge in [-0.2, -0.15) is 0 Å². The zero-order chi connectivity index (χ0) is 88.0. The molecule has 2 aliphatic rings. The smallest absolute Gasteiger partial charge is 0.252 e. The van der Waals surface area contributed by atoms with Crippen molar-refractivity contribution in [3.8, 4) is 11.4 Å². The number of fused-ring (bicyclic) bond motifs is 10. The summed E-state index contributed by atoms with van der Waals surface area (Å²) in [6.45, 7) is 55.0. The van der Waals surface area contributed by atoms with Gasteiger partial charge in [0.2, 0.25) is 0 Å². The monoisotopic (exact) mass is 1640 g/mol. The summed E-state index contributed by atoms with van der Waals surface area (Å²) in [5.74, 6) is 0. The minimum atomic E-state index is -0.0245. The number of anilines is 12. The van der Waals surface area contributed by atoms with Gasteiger partial charge in [0.25, 0.3) is 6.71 Å². The molecule has 0 saturated heterocycles. The summed E-state index contributed by atoms with van der Waals surface area (Å²) < 4.78 is 4.90. The number of aromatic nitrogens is 2. The summed E-state index contributed by atoms with van der Waals surface area (Å²) in [4.78, 5) is 9.82. The normalized spacial score (nSPS) is 13.3. The largest absolute Gasteiger partial charge is 0.311 e. The minimum absolute atomic E-state index is 0.00453. The summed E-state index contributed by atoms with van der Waals surface area (Å²) >= 11 is 8.09. The van der Waals surface area contributed by atoms with Gasteiger partial charge in [-0.15, -0.1) is 0 Å². The third-order valence-electron chi connectivity index (χ3n) is 25.9. The molecule has 8 heteroatoms. The lowest BCUT2D eigenvalue weighted by Crippen LogP contribution is -2.61. The van der Waals surface area contributed by atoms with Crippen molar-refractivity contribution in [2.75, 3.05) is 19.6 Å². The fourth-order valence-electron chi connectivity index (χ4n) is 18.6. The second-order valence-corrected chi connectivity index (χ2v) is 43.4. The summed E-state index contributed by atoms with van der Waals surface area (Å²) in [6, 6.07) is 114. The number of rotatable bonds is 10. The van der Waals surface area contributed by atoms with E-state index in [1.807, 2.05) is 0 Å². The quantitative estimate of drug-likeness (QED) is 0.127. The van der Waals surface area contributed by atoms with E-state index >= 15 is 0 Å². The second kappa shape index (κ2) is 30.9. The van der Waals surface area contributed by atoms with Crippen LogP contribution in [0.1, 0.15) is 211 Å². The van der Waals surface area contributed by atoms with Gasteiger partial charge in [0, 0.05) is 78.4 Å². The van der Waals surface area contributed by atoms with Gasteiger partial charge in [-0.25, -0.2) is 0 Å². The first kappa shape index (κ1) is 84.4. The highest BCUT2D eigenvalue weighted by Gasteiger charge is 2.45. The Morgan fingerprint density at radius 1 is 0.226 bits per heavy atom. The molecule has 0 amide bonds. The maximum absolute atomic E-state index is 8.09. The Kier molecular flexibility index (Phi) is 21.0. The molecule has 0 unspecified atom stereocenters. The number of halogens is 1. The molecule has 4 heterocycles. The van der Waals surface area contributed by atoms with Crippen molar-refractivity contribution in [2.24, 2.45) is 0 Å². The highest BCUT2D eigenvalue weighted by molar-refractivity contribution is 7.00. The first-order chi connectivity index (χ1) is 58.5. The van der Waals surface area contributed by atoms with Crippen LogP contribution in [0.5, 0.6) is 0 Å². The molecule has 0 radical (unpaired) electrons. The van der Waals surface area contributed by atoms with Gasteiger partial charge in [0.15, 0.2) is 0 Å². The Morgan fingerprint density at radius 3 is 0.702 bits per heavy atom. The van der Waals surface area contributed by atoms with Crippen LogP contribution in [-0.4, -0.2) is 15.8 Å². The first-order valence-corrected chi connectivity index (χ1v) is 45.0. The van der Waals surface area contributed by atoms with E-state index in [4.69, 9.17) is 11.6 Å². The van der Waals surface area contributed by atoms with Crippen LogP contribution < -0.4 is 36.0 Å². The number of benzene rings is 14. The van der Waals surface area contributed by atoms with Crippen LogP contribution in [0.15, 0.2) is 303 Å². The Labute approximate surface area is 743 Å². The summed E-state index contributed by atoms with van der Waals surface area (Å²) in [6.07, 6.45) is 0. The van der Waals surface area contributed by atoms with Gasteiger partial charge >= 0.3 is 0 Å². The van der Waals surface area contributed by atoms with Crippen LogP contribution in [-0.2, 0) is 43.3 Å². The molecule has 0 atom stereocenters. The molecule has 0 bridgehead atoms. The Bertz CT molecular complexity index is 6100. The van der Waals surface area contributed by atoms with Crippen LogP contribution in [0.4, 0.5) is 68.2 Å². The zero-order valence-corrected chi connectivity index (χ0v) is 78.3. The maximum Gasteiger partial charge on any atom is 0.252 e. The molecule has 0 saturated carbocycles. The molecule has 0 spiro atoms. The topological polar surface area (TPSA) is 22.8 Å². The SMILES string of the molecule is CC(C)(C)c1ccc(N(c2ccc(C(C)(C)C)cc2)c2cc(-n3c4ccccc4c4ccccc43)cc(N(c3ccc(C(C)(C)C)cc3)c3ccc(C(C)(C)C)cc3)c2Cl)cc1.CC(C)(C)c1ccc(N2c3ccc(C(C)(C)C)cc3B3c4cc(C(C)(C)C)ccc4N(c4ccc(C(C)(C)C)cc4)c4cc(-n5c6ccccc6c6ccccc65)cc2c43)cc1. The molecular weight excluding hydrogens is 1520 g/mol. The molecular formula is C116H122BClN6. The van der Waals surface area contributed by atoms with Crippen LogP contribution in [0, 0.1) is 0 Å². The summed E-state index contributed by atoms with van der Waals surface area (Å²) in [5.41, 5.74) is 34.5. The predicted octanol–water partition coefficient (Wildman–Crippen LogP) is 31.6. The summed E-state index contributed by atoms with van der Waals surface area (Å²) in [7, 11) is 0.